The van der Waals surface area contributed by atoms with Gasteiger partial charge in [0.15, 0.2) is 0 Å². The molecule has 0 aromatic heterocycles. The van der Waals surface area contributed by atoms with Crippen molar-refractivity contribution in [3.05, 3.63) is 179 Å². The summed E-state index contributed by atoms with van der Waals surface area (Å²) in [4.78, 5) is 29.0. The molecule has 0 aliphatic rings. The van der Waals surface area contributed by atoms with E-state index in [4.69, 9.17) is 27.1 Å². The zero-order chi connectivity index (χ0) is 41.6. The lowest BCUT2D eigenvalue weighted by Crippen LogP contribution is -1.99. The van der Waals surface area contributed by atoms with Crippen LogP contribution in [0.25, 0.3) is 0 Å². The Hall–Kier alpha value is -4.88. The van der Waals surface area contributed by atoms with E-state index in [9.17, 15) is 28.4 Å². The fraction of sp³-hybridized carbons (Fsp3) is 0.143. The van der Waals surface area contributed by atoms with Gasteiger partial charge in [0.1, 0.15) is 34.5 Å². The first-order valence-corrected chi connectivity index (χ1v) is 21.9. The van der Waals surface area contributed by atoms with E-state index >= 15 is 0 Å². The van der Waals surface area contributed by atoms with Gasteiger partial charge in [0.05, 0.1) is 0 Å². The van der Waals surface area contributed by atoms with E-state index in [0.29, 0.717) is 34.5 Å². The smallest absolute Gasteiger partial charge is 0.395 e. The lowest BCUT2D eigenvalue weighted by Gasteiger charge is -2.14. The molecule has 0 aliphatic carbocycles. The molecule has 0 fully saturated rings. The minimum Gasteiger partial charge on any atom is -0.395 e. The molecule has 6 rings (SSSR count). The molecule has 12 nitrogen and oxygen atoms in total. The molecular weight excluding hydrogens is 820 g/mol. The number of phosphoric ester groups is 3. The van der Waals surface area contributed by atoms with Gasteiger partial charge in [-0.1, -0.05) is 106 Å². The molecule has 0 saturated carbocycles. The average molecular weight is 869 g/mol. The molecule has 0 amide bonds. The van der Waals surface area contributed by atoms with Crippen LogP contribution in [0.15, 0.2) is 146 Å². The molecule has 16 heteroatoms. The highest BCUT2D eigenvalue weighted by atomic mass is 31.2. The average Bonchev–Trinajstić information content (AvgIpc) is 3.14. The minimum absolute atomic E-state index is 0. The van der Waals surface area contributed by atoms with Crippen LogP contribution in [-0.4, -0.2) is 14.7 Å². The molecule has 308 valence electrons. The molecule has 58 heavy (non-hydrogen) atoms. The van der Waals surface area contributed by atoms with Crippen molar-refractivity contribution in [1.82, 2.24) is 0 Å². The van der Waals surface area contributed by atoms with E-state index in [1.54, 1.807) is 146 Å². The van der Waals surface area contributed by atoms with Crippen LogP contribution in [0.3, 0.4) is 0 Å². The van der Waals surface area contributed by atoms with Crippen molar-refractivity contribution in [3.8, 4) is 34.5 Å². The van der Waals surface area contributed by atoms with E-state index in [-0.39, 0.29) is 9.90 Å². The number of phosphoric acid groups is 3. The molecule has 1 atom stereocenters. The molecule has 3 N–H and O–H groups in total. The Morgan fingerprint density at radius 2 is 0.379 bits per heavy atom. The van der Waals surface area contributed by atoms with Crippen molar-refractivity contribution in [2.75, 3.05) is 0 Å². The molecule has 0 aliphatic heterocycles. The molecule has 6 aromatic rings. The minimum atomic E-state index is -4.17. The van der Waals surface area contributed by atoms with Gasteiger partial charge in [-0.25, -0.2) is 13.7 Å². The molecule has 0 radical (unpaired) electrons. The molecule has 1 unspecified atom stereocenters. The first-order chi connectivity index (χ1) is 26.8. The predicted octanol–water partition coefficient (Wildman–Crippen LogP) is 11.6. The van der Waals surface area contributed by atoms with Crippen molar-refractivity contribution < 1.29 is 55.5 Å². The second kappa shape index (κ2) is 21.8. The zero-order valence-corrected chi connectivity index (χ0v) is 37.0. The quantitative estimate of drug-likeness (QED) is 0.0997. The van der Waals surface area contributed by atoms with E-state index in [1.807, 2.05) is 41.5 Å². The first kappa shape index (κ1) is 47.5. The summed E-state index contributed by atoms with van der Waals surface area (Å²) < 4.78 is 65.4. The third-order valence-corrected chi connectivity index (χ3v) is 10.1. The number of aryl methyl sites for hydroxylation is 6. The summed E-state index contributed by atoms with van der Waals surface area (Å²) in [6, 6.07) is 41.0. The van der Waals surface area contributed by atoms with Crippen LogP contribution in [0, 0.1) is 41.5 Å². The van der Waals surface area contributed by atoms with Gasteiger partial charge >= 0.3 is 23.5 Å². The van der Waals surface area contributed by atoms with Gasteiger partial charge in [-0.15, -0.1) is 0 Å². The van der Waals surface area contributed by atoms with Gasteiger partial charge in [0, 0.05) is 0 Å². The molecule has 0 spiro atoms. The maximum atomic E-state index is 11.8. The van der Waals surface area contributed by atoms with Crippen LogP contribution in [0.5, 0.6) is 34.5 Å². The van der Waals surface area contributed by atoms with Gasteiger partial charge in [0.25, 0.3) is 0 Å². The standard InChI is InChI=1S/3C14H15O4P.H3P/c3*1-11-3-7-13(8-4-11)17-19(15,16)18-14-9-5-12(2)6-10-14;/h3*3-10H,1-2H3,(H,15,16);1H3. The van der Waals surface area contributed by atoms with Crippen LogP contribution >= 0.6 is 33.4 Å². The monoisotopic (exact) mass is 868 g/mol. The molecule has 0 bridgehead atoms. The van der Waals surface area contributed by atoms with E-state index in [0.717, 1.165) is 33.4 Å². The van der Waals surface area contributed by atoms with E-state index in [1.165, 1.54) is 0 Å². The molecule has 6 aromatic carbocycles. The third-order valence-electron chi connectivity index (χ3n) is 7.45. The first-order valence-electron chi connectivity index (χ1n) is 17.4. The van der Waals surface area contributed by atoms with Crippen LogP contribution in [0.4, 0.5) is 0 Å². The summed E-state index contributed by atoms with van der Waals surface area (Å²) in [7, 11) is -12.5. The maximum Gasteiger partial charge on any atom is 0.584 e. The van der Waals surface area contributed by atoms with Crippen LogP contribution < -0.4 is 27.1 Å². The van der Waals surface area contributed by atoms with Crippen molar-refractivity contribution in [3.63, 3.8) is 0 Å². The Morgan fingerprint density at radius 1 is 0.276 bits per heavy atom. The second-order valence-corrected chi connectivity index (χ2v) is 16.7. The number of rotatable bonds is 12. The fourth-order valence-corrected chi connectivity index (χ4v) is 6.89. The summed E-state index contributed by atoms with van der Waals surface area (Å²) in [6.45, 7) is 11.5. The highest BCUT2D eigenvalue weighted by Crippen LogP contribution is 2.46. The molecule has 0 saturated heterocycles. The highest BCUT2D eigenvalue weighted by molar-refractivity contribution is 7.48. The predicted molar refractivity (Wildman–Crippen MR) is 231 cm³/mol. The molecule has 0 heterocycles. The topological polar surface area (TPSA) is 167 Å². The van der Waals surface area contributed by atoms with E-state index < -0.39 is 23.5 Å². The van der Waals surface area contributed by atoms with Crippen LogP contribution in [0.1, 0.15) is 33.4 Å². The van der Waals surface area contributed by atoms with Crippen LogP contribution in [0.2, 0.25) is 0 Å². The summed E-state index contributed by atoms with van der Waals surface area (Å²) in [5.41, 5.74) is 6.25. The van der Waals surface area contributed by atoms with Gasteiger partial charge in [0.2, 0.25) is 0 Å². The van der Waals surface area contributed by atoms with Crippen molar-refractivity contribution in [2.45, 2.75) is 41.5 Å². The zero-order valence-electron chi connectivity index (χ0n) is 32.9. The van der Waals surface area contributed by atoms with Gasteiger partial charge in [-0.3, -0.25) is 14.7 Å². The Balaban J connectivity index is 0.000000231. The summed E-state index contributed by atoms with van der Waals surface area (Å²) >= 11 is 0. The Bertz CT molecular complexity index is 1880. The highest BCUT2D eigenvalue weighted by Gasteiger charge is 2.26. The number of hydrogen-bond donors (Lipinski definition) is 3. The summed E-state index contributed by atoms with van der Waals surface area (Å²) in [5, 5.41) is 0. The normalized spacial score (nSPS) is 10.9. The number of benzene rings is 6. The Morgan fingerprint density at radius 3 is 0.483 bits per heavy atom. The van der Waals surface area contributed by atoms with Crippen LogP contribution in [-0.2, 0) is 13.7 Å². The van der Waals surface area contributed by atoms with Crippen molar-refractivity contribution in [1.29, 1.82) is 0 Å². The number of hydrogen-bond acceptors (Lipinski definition) is 9. The lowest BCUT2D eigenvalue weighted by molar-refractivity contribution is 0.289. The fourth-order valence-electron chi connectivity index (χ4n) is 4.45. The largest absolute Gasteiger partial charge is 0.584 e. The SMILES string of the molecule is Cc1ccc(OP(=O)(O)Oc2ccc(C)cc2)cc1.Cc1ccc(OP(=O)(O)Oc2ccc(C)cc2)cc1.Cc1ccc(OP(=O)(O)Oc2ccc(C)cc2)cc1.P. The lowest BCUT2D eigenvalue weighted by atomic mass is 10.2. The maximum absolute atomic E-state index is 11.8. The summed E-state index contributed by atoms with van der Waals surface area (Å²) in [5.74, 6) is 1.77. The van der Waals surface area contributed by atoms with Gasteiger partial charge < -0.3 is 27.1 Å². The van der Waals surface area contributed by atoms with Crippen molar-refractivity contribution in [2.24, 2.45) is 0 Å². The Kier molecular flexibility index (Phi) is 17.8. The molecular formula is C42H48O12P4. The van der Waals surface area contributed by atoms with Crippen molar-refractivity contribution >= 4 is 33.4 Å². The van der Waals surface area contributed by atoms with Gasteiger partial charge in [-0.05, 0) is 114 Å². The second-order valence-electron chi connectivity index (χ2n) is 12.8. The van der Waals surface area contributed by atoms with Gasteiger partial charge in [-0.2, -0.15) is 9.90 Å². The summed E-state index contributed by atoms with van der Waals surface area (Å²) in [6.07, 6.45) is 0. The van der Waals surface area contributed by atoms with E-state index in [2.05, 4.69) is 0 Å². The Labute approximate surface area is 342 Å². The third kappa shape index (κ3) is 17.7.